The van der Waals surface area contributed by atoms with Gasteiger partial charge in [0.05, 0.1) is 6.10 Å². The number of rotatable bonds is 10. The molecule has 0 aliphatic heterocycles. The van der Waals surface area contributed by atoms with Crippen LogP contribution in [0, 0.1) is 0 Å². The maximum atomic E-state index is 11.0. The van der Waals surface area contributed by atoms with Crippen molar-refractivity contribution in [2.45, 2.75) is 51.8 Å². The highest BCUT2D eigenvalue weighted by Crippen LogP contribution is 2.20. The summed E-state index contributed by atoms with van der Waals surface area (Å²) in [6.45, 7) is 4.67. The molecular formula is C21H27NO3. The van der Waals surface area contributed by atoms with E-state index in [0.717, 1.165) is 17.7 Å². The van der Waals surface area contributed by atoms with E-state index in [2.05, 4.69) is 17.4 Å². The molecule has 0 amide bonds. The molecule has 0 fully saturated rings. The Bertz CT molecular complexity index is 655. The lowest BCUT2D eigenvalue weighted by atomic mass is 10.0. The number of aliphatic carboxylic acids is 1. The van der Waals surface area contributed by atoms with Gasteiger partial charge in [-0.25, -0.2) is 0 Å². The fourth-order valence-electron chi connectivity index (χ4n) is 2.75. The van der Waals surface area contributed by atoms with Crippen molar-refractivity contribution in [1.29, 1.82) is 0 Å². The molecule has 0 radical (unpaired) electrons. The Hall–Kier alpha value is -2.33. The van der Waals surface area contributed by atoms with E-state index in [-0.39, 0.29) is 18.6 Å². The summed E-state index contributed by atoms with van der Waals surface area (Å²) < 4.78 is 5.86. The second-order valence-electron chi connectivity index (χ2n) is 6.47. The van der Waals surface area contributed by atoms with Crippen LogP contribution in [0.15, 0.2) is 54.6 Å². The van der Waals surface area contributed by atoms with Crippen molar-refractivity contribution >= 4 is 5.97 Å². The highest BCUT2D eigenvalue weighted by molar-refractivity contribution is 5.66. The number of nitrogens with one attached hydrogen (secondary N) is 1. The standard InChI is InChI=1S/C21H27NO3/c1-16(2)25-20-11-7-6-10-18(20)15-22-19(12-13-21(23)24)14-17-8-4-3-5-9-17/h3-11,16,19,22H,12-15H2,1-2H3,(H,23,24). The summed E-state index contributed by atoms with van der Waals surface area (Å²) in [5.74, 6) is 0.116. The number of carboxylic acids is 1. The smallest absolute Gasteiger partial charge is 0.303 e. The summed E-state index contributed by atoms with van der Waals surface area (Å²) in [6, 6.07) is 18.2. The molecule has 0 saturated heterocycles. The van der Waals surface area contributed by atoms with Gasteiger partial charge in [0.25, 0.3) is 0 Å². The molecule has 4 heteroatoms. The first-order valence-corrected chi connectivity index (χ1v) is 8.78. The highest BCUT2D eigenvalue weighted by atomic mass is 16.5. The first-order valence-electron chi connectivity index (χ1n) is 8.78. The van der Waals surface area contributed by atoms with E-state index in [1.807, 2.05) is 56.3 Å². The Morgan fingerprint density at radius 2 is 1.76 bits per heavy atom. The predicted molar refractivity (Wildman–Crippen MR) is 99.8 cm³/mol. The van der Waals surface area contributed by atoms with Crippen molar-refractivity contribution in [3.63, 3.8) is 0 Å². The quantitative estimate of drug-likeness (QED) is 0.685. The molecule has 1 atom stereocenters. The molecule has 0 bridgehead atoms. The third-order valence-electron chi connectivity index (χ3n) is 3.95. The minimum Gasteiger partial charge on any atom is -0.491 e. The first-order chi connectivity index (χ1) is 12.0. The molecule has 0 aromatic heterocycles. The highest BCUT2D eigenvalue weighted by Gasteiger charge is 2.13. The van der Waals surface area contributed by atoms with Gasteiger partial charge in [0.15, 0.2) is 0 Å². The van der Waals surface area contributed by atoms with E-state index in [4.69, 9.17) is 9.84 Å². The van der Waals surface area contributed by atoms with Crippen LogP contribution in [0.1, 0.15) is 37.8 Å². The largest absolute Gasteiger partial charge is 0.491 e. The van der Waals surface area contributed by atoms with Crippen molar-refractivity contribution in [2.24, 2.45) is 0 Å². The van der Waals surface area contributed by atoms with Gasteiger partial charge in [0.2, 0.25) is 0 Å². The summed E-state index contributed by atoms with van der Waals surface area (Å²) in [6.07, 6.45) is 1.68. The van der Waals surface area contributed by atoms with E-state index >= 15 is 0 Å². The number of hydrogen-bond donors (Lipinski definition) is 2. The topological polar surface area (TPSA) is 58.6 Å². The molecule has 25 heavy (non-hydrogen) atoms. The summed E-state index contributed by atoms with van der Waals surface area (Å²) >= 11 is 0. The summed E-state index contributed by atoms with van der Waals surface area (Å²) in [7, 11) is 0. The number of para-hydroxylation sites is 1. The molecule has 2 rings (SSSR count). The molecule has 1 unspecified atom stereocenters. The molecule has 0 saturated carbocycles. The summed E-state index contributed by atoms with van der Waals surface area (Å²) in [5.41, 5.74) is 2.29. The van der Waals surface area contributed by atoms with Crippen molar-refractivity contribution in [3.05, 3.63) is 65.7 Å². The Morgan fingerprint density at radius 1 is 1.08 bits per heavy atom. The van der Waals surface area contributed by atoms with Crippen LogP contribution in [-0.4, -0.2) is 23.2 Å². The van der Waals surface area contributed by atoms with Gasteiger partial charge in [-0.15, -0.1) is 0 Å². The maximum absolute atomic E-state index is 11.0. The average Bonchev–Trinajstić information content (AvgIpc) is 2.59. The van der Waals surface area contributed by atoms with E-state index in [9.17, 15) is 4.79 Å². The molecule has 2 N–H and O–H groups in total. The van der Waals surface area contributed by atoms with Crippen LogP contribution in [0.4, 0.5) is 0 Å². The number of ether oxygens (including phenoxy) is 1. The lowest BCUT2D eigenvalue weighted by Crippen LogP contribution is -2.31. The fraction of sp³-hybridized carbons (Fsp3) is 0.381. The van der Waals surface area contributed by atoms with E-state index < -0.39 is 5.97 Å². The summed E-state index contributed by atoms with van der Waals surface area (Å²) in [4.78, 5) is 11.0. The molecule has 2 aromatic carbocycles. The third-order valence-corrected chi connectivity index (χ3v) is 3.95. The SMILES string of the molecule is CC(C)Oc1ccccc1CNC(CCC(=O)O)Cc1ccccc1. The van der Waals surface area contributed by atoms with Crippen LogP contribution < -0.4 is 10.1 Å². The van der Waals surface area contributed by atoms with Gasteiger partial charge in [-0.2, -0.15) is 0 Å². The number of hydrogen-bond acceptors (Lipinski definition) is 3. The van der Waals surface area contributed by atoms with Gasteiger partial charge in [-0.05, 0) is 38.3 Å². The van der Waals surface area contributed by atoms with Crippen LogP contribution in [0.5, 0.6) is 5.75 Å². The van der Waals surface area contributed by atoms with Crippen molar-refractivity contribution in [2.75, 3.05) is 0 Å². The van der Waals surface area contributed by atoms with Gasteiger partial charge < -0.3 is 15.2 Å². The molecule has 134 valence electrons. The number of benzene rings is 2. The summed E-state index contributed by atoms with van der Waals surface area (Å²) in [5, 5.41) is 12.5. The number of carboxylic acid groups (broad SMARTS) is 1. The molecule has 0 aliphatic rings. The Morgan fingerprint density at radius 3 is 2.44 bits per heavy atom. The van der Waals surface area contributed by atoms with Crippen LogP contribution in [0.2, 0.25) is 0 Å². The van der Waals surface area contributed by atoms with Crippen LogP contribution in [-0.2, 0) is 17.8 Å². The monoisotopic (exact) mass is 341 g/mol. The van der Waals surface area contributed by atoms with E-state index in [0.29, 0.717) is 13.0 Å². The van der Waals surface area contributed by atoms with Gasteiger partial charge in [0.1, 0.15) is 5.75 Å². The van der Waals surface area contributed by atoms with Gasteiger partial charge in [-0.3, -0.25) is 4.79 Å². The molecule has 0 spiro atoms. The van der Waals surface area contributed by atoms with E-state index in [1.54, 1.807) is 0 Å². The third kappa shape index (κ3) is 6.98. The zero-order chi connectivity index (χ0) is 18.1. The first kappa shape index (κ1) is 19.0. The second-order valence-corrected chi connectivity index (χ2v) is 6.47. The minimum atomic E-state index is -0.761. The molecular weight excluding hydrogens is 314 g/mol. The predicted octanol–water partition coefficient (Wildman–Crippen LogP) is 4.04. The lowest BCUT2D eigenvalue weighted by Gasteiger charge is -2.20. The van der Waals surface area contributed by atoms with Crippen LogP contribution >= 0.6 is 0 Å². The van der Waals surface area contributed by atoms with Gasteiger partial charge >= 0.3 is 5.97 Å². The van der Waals surface area contributed by atoms with Gasteiger partial charge in [0, 0.05) is 24.6 Å². The minimum absolute atomic E-state index is 0.102. The average molecular weight is 341 g/mol. The van der Waals surface area contributed by atoms with Crippen molar-refractivity contribution < 1.29 is 14.6 Å². The Labute approximate surface area is 149 Å². The normalized spacial score (nSPS) is 12.1. The van der Waals surface area contributed by atoms with Gasteiger partial charge in [-0.1, -0.05) is 48.5 Å². The van der Waals surface area contributed by atoms with Crippen molar-refractivity contribution in [3.8, 4) is 5.75 Å². The maximum Gasteiger partial charge on any atom is 0.303 e. The zero-order valence-corrected chi connectivity index (χ0v) is 14.9. The molecule has 2 aromatic rings. The Balaban J connectivity index is 2.02. The Kier molecular flexibility index (Phi) is 7.48. The van der Waals surface area contributed by atoms with Crippen LogP contribution in [0.25, 0.3) is 0 Å². The molecule has 4 nitrogen and oxygen atoms in total. The zero-order valence-electron chi connectivity index (χ0n) is 14.9. The molecule has 0 heterocycles. The van der Waals surface area contributed by atoms with Crippen LogP contribution in [0.3, 0.4) is 0 Å². The van der Waals surface area contributed by atoms with E-state index in [1.165, 1.54) is 5.56 Å². The fourth-order valence-corrected chi connectivity index (χ4v) is 2.75. The second kappa shape index (κ2) is 9.84. The lowest BCUT2D eigenvalue weighted by molar-refractivity contribution is -0.137. The van der Waals surface area contributed by atoms with Crippen molar-refractivity contribution in [1.82, 2.24) is 5.32 Å². The molecule has 0 aliphatic carbocycles. The number of carbonyl (C=O) groups is 1.